The van der Waals surface area contributed by atoms with Gasteiger partial charge >= 0.3 is 0 Å². The fraction of sp³-hybridized carbons (Fsp3) is 0.167. The Bertz CT molecular complexity index is 1540. The van der Waals surface area contributed by atoms with Crippen molar-refractivity contribution in [2.45, 2.75) is 32.6 Å². The van der Waals surface area contributed by atoms with Gasteiger partial charge in [-0.05, 0) is 48.5 Å². The zero-order valence-electron chi connectivity index (χ0n) is 19.7. The van der Waals surface area contributed by atoms with E-state index in [4.69, 9.17) is 0 Å². The Labute approximate surface area is 207 Å². The summed E-state index contributed by atoms with van der Waals surface area (Å²) in [6, 6.07) is 17.2. The molecule has 11 heteroatoms. The van der Waals surface area contributed by atoms with Gasteiger partial charge in [-0.3, -0.25) is 4.72 Å². The number of benzene rings is 3. The lowest BCUT2D eigenvalue weighted by Crippen LogP contribution is -2.16. The van der Waals surface area contributed by atoms with E-state index in [9.17, 15) is 12.8 Å². The van der Waals surface area contributed by atoms with Crippen molar-refractivity contribution in [1.29, 1.82) is 0 Å². The molecule has 2 heterocycles. The second kappa shape index (κ2) is 11.6. The summed E-state index contributed by atoms with van der Waals surface area (Å²) in [6.45, 7) is 8.00. The minimum atomic E-state index is -4.10. The Morgan fingerprint density at radius 2 is 1.40 bits per heavy atom. The lowest BCUT2D eigenvalue weighted by molar-refractivity contribution is 0.595. The molecule has 2 aromatic heterocycles. The van der Waals surface area contributed by atoms with Crippen molar-refractivity contribution < 1.29 is 12.8 Å². The predicted octanol–water partition coefficient (Wildman–Crippen LogP) is 6.37. The predicted molar refractivity (Wildman–Crippen MR) is 140 cm³/mol. The van der Waals surface area contributed by atoms with Crippen LogP contribution in [-0.4, -0.2) is 27.1 Å². The number of para-hydroxylation sites is 2. The standard InChI is InChI=1S/C20H13FN6O2S2.2C2H6/c21-12-4-3-5-14(10-12)31(28,29)27-20-19(23-15-6-1-2-7-16(15)24-20)22-13-8-9-17-18(11-13)26-30-25-17;2*1-2/h1-11H,(H,22,23)(H,24,27);2*1-2H3. The zero-order chi connectivity index (χ0) is 25.4. The van der Waals surface area contributed by atoms with Gasteiger partial charge in [0.1, 0.15) is 16.9 Å². The maximum atomic E-state index is 13.6. The van der Waals surface area contributed by atoms with E-state index in [0.717, 1.165) is 23.3 Å². The molecular formula is C24H25FN6O2S2. The number of hydrogen-bond donors (Lipinski definition) is 2. The summed E-state index contributed by atoms with van der Waals surface area (Å²) in [5.41, 5.74) is 3.17. The first kappa shape index (κ1) is 25.9. The number of rotatable bonds is 5. The molecule has 0 saturated carbocycles. The average molecular weight is 513 g/mol. The summed E-state index contributed by atoms with van der Waals surface area (Å²) in [4.78, 5) is 8.73. The molecule has 0 aliphatic heterocycles. The maximum absolute atomic E-state index is 13.6. The molecule has 0 unspecified atom stereocenters. The quantitative estimate of drug-likeness (QED) is 0.281. The number of halogens is 1. The molecule has 0 aliphatic rings. The highest BCUT2D eigenvalue weighted by molar-refractivity contribution is 7.92. The van der Waals surface area contributed by atoms with E-state index in [1.165, 1.54) is 18.2 Å². The van der Waals surface area contributed by atoms with E-state index in [2.05, 4.69) is 28.8 Å². The molecule has 5 rings (SSSR count). The highest BCUT2D eigenvalue weighted by Crippen LogP contribution is 2.28. The van der Waals surface area contributed by atoms with Crippen molar-refractivity contribution in [3.63, 3.8) is 0 Å². The fourth-order valence-corrected chi connectivity index (χ4v) is 4.53. The van der Waals surface area contributed by atoms with Gasteiger partial charge in [0.05, 0.1) is 27.7 Å². The van der Waals surface area contributed by atoms with Gasteiger partial charge in [-0.25, -0.2) is 22.8 Å². The molecule has 0 atom stereocenters. The second-order valence-electron chi connectivity index (χ2n) is 6.57. The summed E-state index contributed by atoms with van der Waals surface area (Å²) in [5.74, 6) is -0.475. The zero-order valence-corrected chi connectivity index (χ0v) is 21.3. The van der Waals surface area contributed by atoms with E-state index < -0.39 is 15.8 Å². The molecule has 0 aliphatic carbocycles. The third-order valence-electron chi connectivity index (χ3n) is 4.42. The Hall–Kier alpha value is -3.70. The van der Waals surface area contributed by atoms with E-state index in [-0.39, 0.29) is 16.5 Å². The van der Waals surface area contributed by atoms with E-state index in [1.54, 1.807) is 36.4 Å². The van der Waals surface area contributed by atoms with Gasteiger partial charge in [0, 0.05) is 5.69 Å². The number of nitrogens with zero attached hydrogens (tertiary/aromatic N) is 4. The molecule has 0 spiro atoms. The molecule has 5 aromatic rings. The molecule has 8 nitrogen and oxygen atoms in total. The molecule has 35 heavy (non-hydrogen) atoms. The topological polar surface area (TPSA) is 110 Å². The Balaban J connectivity index is 0.000000815. The third-order valence-corrected chi connectivity index (χ3v) is 6.32. The van der Waals surface area contributed by atoms with Crippen molar-refractivity contribution in [2.75, 3.05) is 10.0 Å². The van der Waals surface area contributed by atoms with Crippen molar-refractivity contribution in [1.82, 2.24) is 18.7 Å². The molecule has 3 aromatic carbocycles. The van der Waals surface area contributed by atoms with Gasteiger partial charge in [0.25, 0.3) is 10.0 Å². The number of aromatic nitrogens is 4. The smallest absolute Gasteiger partial charge is 0.263 e. The summed E-state index contributed by atoms with van der Waals surface area (Å²) in [6.07, 6.45) is 0. The van der Waals surface area contributed by atoms with E-state index >= 15 is 0 Å². The van der Waals surface area contributed by atoms with Crippen molar-refractivity contribution in [2.24, 2.45) is 0 Å². The summed E-state index contributed by atoms with van der Waals surface area (Å²) >= 11 is 1.10. The maximum Gasteiger partial charge on any atom is 0.263 e. The summed E-state index contributed by atoms with van der Waals surface area (Å²) < 4.78 is 50.1. The van der Waals surface area contributed by atoms with Crippen LogP contribution in [0.1, 0.15) is 27.7 Å². The average Bonchev–Trinajstić information content (AvgIpc) is 3.35. The van der Waals surface area contributed by atoms with Crippen molar-refractivity contribution in [3.05, 3.63) is 72.5 Å². The van der Waals surface area contributed by atoms with Crippen LogP contribution < -0.4 is 10.0 Å². The van der Waals surface area contributed by atoms with Crippen molar-refractivity contribution in [3.8, 4) is 0 Å². The Kier molecular flexibility index (Phi) is 8.61. The van der Waals surface area contributed by atoms with Crippen LogP contribution in [-0.2, 0) is 10.0 Å². The number of fused-ring (bicyclic) bond motifs is 2. The first-order valence-electron chi connectivity index (χ1n) is 11.0. The van der Waals surface area contributed by atoms with Gasteiger partial charge in [-0.15, -0.1) is 0 Å². The van der Waals surface area contributed by atoms with Crippen molar-refractivity contribution >= 4 is 61.1 Å². The van der Waals surface area contributed by atoms with Crippen LogP contribution in [0.4, 0.5) is 21.7 Å². The minimum absolute atomic E-state index is 0.0144. The third kappa shape index (κ3) is 6.06. The first-order valence-corrected chi connectivity index (χ1v) is 13.2. The van der Waals surface area contributed by atoms with Gasteiger partial charge < -0.3 is 5.32 Å². The normalized spacial score (nSPS) is 10.7. The number of hydrogen-bond acceptors (Lipinski definition) is 8. The van der Waals surface area contributed by atoms with Gasteiger partial charge in [0.2, 0.25) is 0 Å². The lowest BCUT2D eigenvalue weighted by atomic mass is 10.2. The first-order chi connectivity index (χ1) is 17.0. The van der Waals surface area contributed by atoms with Crippen LogP contribution >= 0.6 is 11.7 Å². The monoisotopic (exact) mass is 512 g/mol. The molecule has 2 N–H and O–H groups in total. The Morgan fingerprint density at radius 1 is 0.743 bits per heavy atom. The van der Waals surface area contributed by atoms with Gasteiger partial charge in [-0.1, -0.05) is 45.9 Å². The number of anilines is 3. The molecule has 0 fully saturated rings. The van der Waals surface area contributed by atoms with Crippen LogP contribution in [0.2, 0.25) is 0 Å². The molecule has 182 valence electrons. The van der Waals surface area contributed by atoms with E-state index in [1.807, 2.05) is 33.8 Å². The number of nitrogens with one attached hydrogen (secondary N) is 2. The minimum Gasteiger partial charge on any atom is -0.337 e. The second-order valence-corrected chi connectivity index (χ2v) is 8.78. The van der Waals surface area contributed by atoms with Crippen LogP contribution in [0, 0.1) is 5.82 Å². The molecule has 0 amide bonds. The lowest BCUT2D eigenvalue weighted by Gasteiger charge is -2.14. The van der Waals surface area contributed by atoms with Crippen LogP contribution in [0.25, 0.3) is 22.1 Å². The highest BCUT2D eigenvalue weighted by Gasteiger charge is 2.19. The molecular weight excluding hydrogens is 487 g/mol. The molecule has 0 saturated heterocycles. The van der Waals surface area contributed by atoms with Crippen LogP contribution in [0.15, 0.2) is 71.6 Å². The van der Waals surface area contributed by atoms with E-state index in [0.29, 0.717) is 22.2 Å². The largest absolute Gasteiger partial charge is 0.337 e. The SMILES string of the molecule is CC.CC.O=S(=O)(Nc1nc2ccccc2nc1Nc1ccc2nsnc2c1)c1cccc(F)c1. The van der Waals surface area contributed by atoms with Crippen LogP contribution in [0.3, 0.4) is 0 Å². The summed E-state index contributed by atoms with van der Waals surface area (Å²) in [7, 11) is -4.10. The Morgan fingerprint density at radius 3 is 2.09 bits per heavy atom. The highest BCUT2D eigenvalue weighted by atomic mass is 32.2. The van der Waals surface area contributed by atoms with Crippen LogP contribution in [0.5, 0.6) is 0 Å². The molecule has 0 bridgehead atoms. The molecule has 0 radical (unpaired) electrons. The number of sulfonamides is 1. The van der Waals surface area contributed by atoms with Gasteiger partial charge in [0.15, 0.2) is 11.6 Å². The van der Waals surface area contributed by atoms with Gasteiger partial charge in [-0.2, -0.15) is 8.75 Å². The fourth-order valence-electron chi connectivity index (χ4n) is 2.98. The summed E-state index contributed by atoms with van der Waals surface area (Å²) in [5, 5.41) is 3.09.